The molecule has 2 N–H and O–H groups in total. The third-order valence-electron chi connectivity index (χ3n) is 3.89. The quantitative estimate of drug-likeness (QED) is 0.259. The normalized spacial score (nSPS) is 11.2. The van der Waals surface area contributed by atoms with E-state index in [1.165, 1.54) is 0 Å². The van der Waals surface area contributed by atoms with Crippen molar-refractivity contribution in [2.24, 2.45) is 12.0 Å². The number of pyridine rings is 1. The standard InChI is InChI=1S/C17H23Cl2N5O.HI/c1-20-17(22-12-13-11-14(18)16(19)23(13)2)21-8-4-6-10-24-9-5-3-7-15(24)25;/h3,5,7,9,11H,4,6,8,10,12H2,1-2H3,(H2,20,21,22);1H. The first-order chi connectivity index (χ1) is 12.0. The monoisotopic (exact) mass is 511 g/mol. The van der Waals surface area contributed by atoms with Gasteiger partial charge in [0.05, 0.1) is 11.6 Å². The summed E-state index contributed by atoms with van der Waals surface area (Å²) >= 11 is 12.1. The van der Waals surface area contributed by atoms with Gasteiger partial charge in [-0.25, -0.2) is 0 Å². The molecule has 144 valence electrons. The minimum absolute atomic E-state index is 0. The minimum Gasteiger partial charge on any atom is -0.356 e. The maximum atomic E-state index is 11.6. The van der Waals surface area contributed by atoms with Crippen LogP contribution in [0.15, 0.2) is 40.2 Å². The van der Waals surface area contributed by atoms with Crippen LogP contribution in [0.1, 0.15) is 18.5 Å². The van der Waals surface area contributed by atoms with E-state index in [9.17, 15) is 4.79 Å². The minimum atomic E-state index is 0. The average molecular weight is 512 g/mol. The van der Waals surface area contributed by atoms with Gasteiger partial charge in [0.15, 0.2) is 5.96 Å². The van der Waals surface area contributed by atoms with E-state index in [1.807, 2.05) is 29.9 Å². The molecule has 0 radical (unpaired) electrons. The van der Waals surface area contributed by atoms with E-state index in [1.54, 1.807) is 23.7 Å². The number of guanidine groups is 1. The number of halogens is 3. The predicted molar refractivity (Wildman–Crippen MR) is 119 cm³/mol. The van der Waals surface area contributed by atoms with Crippen LogP contribution in [-0.4, -0.2) is 28.7 Å². The molecule has 0 saturated heterocycles. The van der Waals surface area contributed by atoms with Crippen molar-refractivity contribution in [2.75, 3.05) is 13.6 Å². The molecule has 0 spiro atoms. The Morgan fingerprint density at radius 2 is 2.00 bits per heavy atom. The van der Waals surface area contributed by atoms with Crippen molar-refractivity contribution >= 4 is 53.1 Å². The molecule has 0 aliphatic rings. The van der Waals surface area contributed by atoms with Crippen LogP contribution in [0.25, 0.3) is 0 Å². The SMILES string of the molecule is CN=C(NCCCCn1ccccc1=O)NCc1cc(Cl)c(Cl)n1C.I. The van der Waals surface area contributed by atoms with Gasteiger partial charge in [-0.3, -0.25) is 9.79 Å². The lowest BCUT2D eigenvalue weighted by molar-refractivity contribution is 0.585. The maximum absolute atomic E-state index is 11.6. The lowest BCUT2D eigenvalue weighted by Gasteiger charge is -2.12. The van der Waals surface area contributed by atoms with Crippen LogP contribution in [0.3, 0.4) is 0 Å². The number of hydrogen-bond acceptors (Lipinski definition) is 2. The van der Waals surface area contributed by atoms with Crippen molar-refractivity contribution in [1.82, 2.24) is 19.8 Å². The zero-order valence-corrected chi connectivity index (χ0v) is 18.7. The molecule has 2 aromatic rings. The highest BCUT2D eigenvalue weighted by molar-refractivity contribution is 14.0. The van der Waals surface area contributed by atoms with E-state index < -0.39 is 0 Å². The van der Waals surface area contributed by atoms with Gasteiger partial charge in [0.25, 0.3) is 0 Å². The van der Waals surface area contributed by atoms with Crippen molar-refractivity contribution < 1.29 is 0 Å². The van der Waals surface area contributed by atoms with Crippen LogP contribution >= 0.6 is 47.2 Å². The third kappa shape index (κ3) is 6.51. The second-order valence-electron chi connectivity index (χ2n) is 5.63. The van der Waals surface area contributed by atoms with Gasteiger partial charge in [0.1, 0.15) is 5.15 Å². The van der Waals surface area contributed by atoms with Gasteiger partial charge >= 0.3 is 0 Å². The largest absolute Gasteiger partial charge is 0.356 e. The maximum Gasteiger partial charge on any atom is 0.250 e. The second kappa shape index (κ2) is 11.5. The van der Waals surface area contributed by atoms with E-state index in [-0.39, 0.29) is 29.5 Å². The summed E-state index contributed by atoms with van der Waals surface area (Å²) in [6.45, 7) is 2.06. The van der Waals surface area contributed by atoms with Crippen molar-refractivity contribution in [3.63, 3.8) is 0 Å². The smallest absolute Gasteiger partial charge is 0.250 e. The van der Waals surface area contributed by atoms with Crippen LogP contribution < -0.4 is 16.2 Å². The average Bonchev–Trinajstić information content (AvgIpc) is 2.85. The summed E-state index contributed by atoms with van der Waals surface area (Å²) in [6, 6.07) is 7.03. The third-order valence-corrected chi connectivity index (χ3v) is 4.74. The first-order valence-corrected chi connectivity index (χ1v) is 8.88. The Morgan fingerprint density at radius 3 is 2.62 bits per heavy atom. The van der Waals surface area contributed by atoms with Gasteiger partial charge in [0, 0.05) is 45.1 Å². The summed E-state index contributed by atoms with van der Waals surface area (Å²) in [5, 5.41) is 7.56. The van der Waals surface area contributed by atoms with Crippen LogP contribution in [0.4, 0.5) is 0 Å². The molecule has 2 heterocycles. The van der Waals surface area contributed by atoms with E-state index in [4.69, 9.17) is 23.2 Å². The molecule has 0 aliphatic carbocycles. The van der Waals surface area contributed by atoms with Crippen molar-refractivity contribution in [3.8, 4) is 0 Å². The molecule has 0 fully saturated rings. The van der Waals surface area contributed by atoms with Gasteiger partial charge in [-0.05, 0) is 25.0 Å². The fraction of sp³-hybridized carbons (Fsp3) is 0.412. The number of hydrogen-bond donors (Lipinski definition) is 2. The van der Waals surface area contributed by atoms with Crippen molar-refractivity contribution in [2.45, 2.75) is 25.9 Å². The molecule has 0 atom stereocenters. The van der Waals surface area contributed by atoms with Gasteiger partial charge in [-0.1, -0.05) is 29.3 Å². The van der Waals surface area contributed by atoms with E-state index in [2.05, 4.69) is 15.6 Å². The Balaban J connectivity index is 0.00000338. The molecule has 0 saturated carbocycles. The molecule has 0 amide bonds. The number of nitrogens with zero attached hydrogens (tertiary/aromatic N) is 3. The lowest BCUT2D eigenvalue weighted by Crippen LogP contribution is -2.37. The molecule has 6 nitrogen and oxygen atoms in total. The van der Waals surface area contributed by atoms with Crippen LogP contribution in [-0.2, 0) is 20.1 Å². The summed E-state index contributed by atoms with van der Waals surface area (Å²) in [5.74, 6) is 0.713. The Hall–Kier alpha value is -1.19. The molecule has 2 rings (SSSR count). The Kier molecular flexibility index (Phi) is 10.1. The van der Waals surface area contributed by atoms with Crippen LogP contribution in [0.2, 0.25) is 10.2 Å². The molecule has 2 aromatic heterocycles. The zero-order valence-electron chi connectivity index (χ0n) is 14.8. The molecule has 26 heavy (non-hydrogen) atoms. The fourth-order valence-electron chi connectivity index (χ4n) is 2.41. The summed E-state index contributed by atoms with van der Waals surface area (Å²) in [6.07, 6.45) is 3.66. The summed E-state index contributed by atoms with van der Waals surface area (Å²) in [4.78, 5) is 15.8. The summed E-state index contributed by atoms with van der Waals surface area (Å²) in [7, 11) is 3.59. The molecular weight excluding hydrogens is 488 g/mol. The molecule has 0 aromatic carbocycles. The first kappa shape index (κ1) is 22.9. The molecule has 0 bridgehead atoms. The van der Waals surface area contributed by atoms with Crippen LogP contribution in [0.5, 0.6) is 0 Å². The van der Waals surface area contributed by atoms with E-state index in [0.29, 0.717) is 29.2 Å². The first-order valence-electron chi connectivity index (χ1n) is 8.12. The number of aryl methyl sites for hydroxylation is 1. The van der Waals surface area contributed by atoms with Crippen molar-refractivity contribution in [3.05, 3.63) is 56.7 Å². The topological polar surface area (TPSA) is 63.4 Å². The highest BCUT2D eigenvalue weighted by Gasteiger charge is 2.09. The van der Waals surface area contributed by atoms with Crippen molar-refractivity contribution in [1.29, 1.82) is 0 Å². The number of aliphatic imine (C=N–C) groups is 1. The molecule has 9 heteroatoms. The predicted octanol–water partition coefficient (Wildman–Crippen LogP) is 3.26. The number of aromatic nitrogens is 2. The van der Waals surface area contributed by atoms with Gasteiger partial charge < -0.3 is 19.8 Å². The highest BCUT2D eigenvalue weighted by Crippen LogP contribution is 2.24. The lowest BCUT2D eigenvalue weighted by atomic mass is 10.3. The molecular formula is C17H24Cl2IN5O. The molecule has 0 unspecified atom stereocenters. The number of unbranched alkanes of at least 4 members (excludes halogenated alkanes) is 1. The summed E-state index contributed by atoms with van der Waals surface area (Å²) in [5.41, 5.74) is 1.01. The zero-order chi connectivity index (χ0) is 18.2. The van der Waals surface area contributed by atoms with Gasteiger partial charge in [0.2, 0.25) is 5.56 Å². The Labute approximate surface area is 180 Å². The van der Waals surface area contributed by atoms with Gasteiger partial charge in [-0.15, -0.1) is 24.0 Å². The van der Waals surface area contributed by atoms with E-state index in [0.717, 1.165) is 25.1 Å². The highest BCUT2D eigenvalue weighted by atomic mass is 127. The summed E-state index contributed by atoms with van der Waals surface area (Å²) < 4.78 is 3.55. The number of rotatable bonds is 7. The molecule has 0 aliphatic heterocycles. The van der Waals surface area contributed by atoms with Gasteiger partial charge in [-0.2, -0.15) is 0 Å². The van der Waals surface area contributed by atoms with Crippen LogP contribution in [0, 0.1) is 0 Å². The van der Waals surface area contributed by atoms with E-state index >= 15 is 0 Å². The fourth-order valence-corrected chi connectivity index (χ4v) is 2.83. The Morgan fingerprint density at radius 1 is 1.23 bits per heavy atom. The Bertz CT molecular complexity index is 788. The number of nitrogens with one attached hydrogen (secondary N) is 2. The second-order valence-corrected chi connectivity index (χ2v) is 6.39.